The van der Waals surface area contributed by atoms with E-state index >= 15 is 0 Å². The fourth-order valence-corrected chi connectivity index (χ4v) is 4.61. The first-order chi connectivity index (χ1) is 17.3. The van der Waals surface area contributed by atoms with E-state index in [4.69, 9.17) is 4.74 Å². The van der Waals surface area contributed by atoms with Crippen LogP contribution in [0.25, 0.3) is 0 Å². The van der Waals surface area contributed by atoms with Crippen LogP contribution in [-0.2, 0) is 10.0 Å². The molecule has 2 N–H and O–H groups in total. The zero-order valence-electron chi connectivity index (χ0n) is 19.7. The van der Waals surface area contributed by atoms with E-state index in [0.717, 1.165) is 5.56 Å². The summed E-state index contributed by atoms with van der Waals surface area (Å²) in [5.74, 6) is -0.0741. The number of ketones is 1. The van der Waals surface area contributed by atoms with Crippen molar-refractivity contribution in [3.05, 3.63) is 119 Å². The van der Waals surface area contributed by atoms with Gasteiger partial charge in [0.15, 0.2) is 5.78 Å². The number of hydrogen-bond donors (Lipinski definition) is 2. The lowest BCUT2D eigenvalue weighted by molar-refractivity contribution is 0.102. The second kappa shape index (κ2) is 10.5. The van der Waals surface area contributed by atoms with E-state index in [1.807, 2.05) is 19.1 Å². The van der Waals surface area contributed by atoms with Crippen molar-refractivity contribution in [2.24, 2.45) is 0 Å². The summed E-state index contributed by atoms with van der Waals surface area (Å²) in [6.45, 7) is 1.87. The molecule has 0 atom stereocenters. The molecule has 0 spiro atoms. The average molecular weight is 501 g/mol. The second-order valence-electron chi connectivity index (χ2n) is 8.06. The molecular formula is C28H24N2O5S. The summed E-state index contributed by atoms with van der Waals surface area (Å²) in [5, 5.41) is 2.80. The SMILES string of the molecule is COc1ccc(S(=O)(=O)Nc2ccc(C(=O)Nc3ccc(C)cc3C(=O)c3ccccc3)cc2)cc1. The molecule has 0 fully saturated rings. The third kappa shape index (κ3) is 5.61. The Labute approximate surface area is 209 Å². The lowest BCUT2D eigenvalue weighted by Gasteiger charge is -2.12. The number of nitrogens with one attached hydrogen (secondary N) is 2. The molecule has 4 aromatic carbocycles. The van der Waals surface area contributed by atoms with E-state index in [-0.39, 0.29) is 10.7 Å². The van der Waals surface area contributed by atoms with Gasteiger partial charge in [0.1, 0.15) is 5.75 Å². The van der Waals surface area contributed by atoms with Gasteiger partial charge in [-0.05, 0) is 67.6 Å². The van der Waals surface area contributed by atoms with E-state index in [2.05, 4.69) is 10.0 Å². The predicted molar refractivity (Wildman–Crippen MR) is 139 cm³/mol. The molecule has 0 heterocycles. The largest absolute Gasteiger partial charge is 0.497 e. The molecule has 0 aliphatic heterocycles. The van der Waals surface area contributed by atoms with Gasteiger partial charge in [0.2, 0.25) is 0 Å². The number of benzene rings is 4. The number of sulfonamides is 1. The molecule has 0 aromatic heterocycles. The Morgan fingerprint density at radius 1 is 0.778 bits per heavy atom. The van der Waals surface area contributed by atoms with Gasteiger partial charge < -0.3 is 10.1 Å². The molecule has 4 rings (SSSR count). The number of carbonyl (C=O) groups excluding carboxylic acids is 2. The molecule has 0 aliphatic rings. The van der Waals surface area contributed by atoms with E-state index in [9.17, 15) is 18.0 Å². The van der Waals surface area contributed by atoms with Gasteiger partial charge in [-0.15, -0.1) is 0 Å². The molecule has 4 aromatic rings. The van der Waals surface area contributed by atoms with Gasteiger partial charge in [-0.1, -0.05) is 42.0 Å². The molecular weight excluding hydrogens is 476 g/mol. The number of hydrogen-bond acceptors (Lipinski definition) is 5. The monoisotopic (exact) mass is 500 g/mol. The quantitative estimate of drug-likeness (QED) is 0.320. The van der Waals surface area contributed by atoms with E-state index in [1.54, 1.807) is 48.5 Å². The zero-order chi connectivity index (χ0) is 25.7. The molecule has 7 nitrogen and oxygen atoms in total. The minimum absolute atomic E-state index is 0.0834. The highest BCUT2D eigenvalue weighted by molar-refractivity contribution is 7.92. The van der Waals surface area contributed by atoms with Crippen molar-refractivity contribution < 1.29 is 22.7 Å². The molecule has 8 heteroatoms. The Bertz CT molecular complexity index is 1500. The summed E-state index contributed by atoms with van der Waals surface area (Å²) in [4.78, 5) is 26.0. The molecule has 0 radical (unpaired) electrons. The van der Waals surface area contributed by atoms with Crippen LogP contribution in [0.1, 0.15) is 31.8 Å². The Morgan fingerprint density at radius 3 is 2.08 bits per heavy atom. The van der Waals surface area contributed by atoms with Crippen LogP contribution in [0.4, 0.5) is 11.4 Å². The molecule has 36 heavy (non-hydrogen) atoms. The molecule has 0 saturated carbocycles. The fraction of sp³-hybridized carbons (Fsp3) is 0.0714. The van der Waals surface area contributed by atoms with Crippen molar-refractivity contribution in [3.63, 3.8) is 0 Å². The first-order valence-corrected chi connectivity index (χ1v) is 12.5. The maximum absolute atomic E-state index is 13.0. The van der Waals surface area contributed by atoms with Gasteiger partial charge >= 0.3 is 0 Å². The van der Waals surface area contributed by atoms with Crippen molar-refractivity contribution >= 4 is 33.1 Å². The standard InChI is InChI=1S/C28H24N2O5S/c1-19-8-17-26(25(18-19)27(31)20-6-4-3-5-7-20)29-28(32)21-9-11-22(12-10-21)30-36(33,34)24-15-13-23(35-2)14-16-24/h3-18,30H,1-2H3,(H,29,32). The summed E-state index contributed by atoms with van der Waals surface area (Å²) in [5.41, 5.74) is 2.80. The number of amides is 1. The first-order valence-electron chi connectivity index (χ1n) is 11.1. The fourth-order valence-electron chi connectivity index (χ4n) is 3.55. The maximum atomic E-state index is 13.0. The van der Waals surface area contributed by atoms with Crippen molar-refractivity contribution in [2.45, 2.75) is 11.8 Å². The topological polar surface area (TPSA) is 102 Å². The van der Waals surface area contributed by atoms with Gasteiger partial charge in [0.05, 0.1) is 17.7 Å². The zero-order valence-corrected chi connectivity index (χ0v) is 20.5. The van der Waals surface area contributed by atoms with E-state index in [1.165, 1.54) is 43.5 Å². The van der Waals surface area contributed by atoms with Crippen LogP contribution in [0.15, 0.2) is 102 Å². The molecule has 0 bridgehead atoms. The molecule has 182 valence electrons. The van der Waals surface area contributed by atoms with Gasteiger partial charge in [0.25, 0.3) is 15.9 Å². The summed E-state index contributed by atoms with van der Waals surface area (Å²) < 4.78 is 32.8. The van der Waals surface area contributed by atoms with Gasteiger partial charge in [0, 0.05) is 22.4 Å². The Hall–Kier alpha value is -4.43. The van der Waals surface area contributed by atoms with Crippen molar-refractivity contribution in [3.8, 4) is 5.75 Å². The highest BCUT2D eigenvalue weighted by Crippen LogP contribution is 2.23. The number of ether oxygens (including phenoxy) is 1. The van der Waals surface area contributed by atoms with E-state index < -0.39 is 15.9 Å². The smallest absolute Gasteiger partial charge is 0.261 e. The van der Waals surface area contributed by atoms with Crippen molar-refractivity contribution in [2.75, 3.05) is 17.1 Å². The summed E-state index contributed by atoms with van der Waals surface area (Å²) in [7, 11) is -2.31. The second-order valence-corrected chi connectivity index (χ2v) is 9.74. The lowest BCUT2D eigenvalue weighted by Crippen LogP contribution is -2.16. The summed E-state index contributed by atoms with van der Waals surface area (Å²) >= 11 is 0. The summed E-state index contributed by atoms with van der Waals surface area (Å²) in [6.07, 6.45) is 0. The highest BCUT2D eigenvalue weighted by atomic mass is 32.2. The maximum Gasteiger partial charge on any atom is 0.261 e. The van der Waals surface area contributed by atoms with Crippen LogP contribution in [0.5, 0.6) is 5.75 Å². The third-order valence-corrected chi connectivity index (χ3v) is 6.87. The number of aryl methyl sites for hydroxylation is 1. The first kappa shape index (κ1) is 24.7. The van der Waals surface area contributed by atoms with Gasteiger partial charge in [-0.3, -0.25) is 14.3 Å². The van der Waals surface area contributed by atoms with Crippen LogP contribution in [0, 0.1) is 6.92 Å². The van der Waals surface area contributed by atoms with E-state index in [0.29, 0.717) is 33.8 Å². The minimum Gasteiger partial charge on any atom is -0.497 e. The minimum atomic E-state index is -3.81. The molecule has 0 unspecified atom stereocenters. The molecule has 0 aliphatic carbocycles. The Kier molecular flexibility index (Phi) is 7.17. The predicted octanol–water partition coefficient (Wildman–Crippen LogP) is 5.29. The Balaban J connectivity index is 1.50. The lowest BCUT2D eigenvalue weighted by atomic mass is 9.99. The van der Waals surface area contributed by atoms with Crippen LogP contribution in [-0.4, -0.2) is 27.2 Å². The number of rotatable bonds is 8. The third-order valence-electron chi connectivity index (χ3n) is 5.47. The highest BCUT2D eigenvalue weighted by Gasteiger charge is 2.17. The molecule has 1 amide bonds. The normalized spacial score (nSPS) is 10.9. The van der Waals surface area contributed by atoms with Gasteiger partial charge in [-0.25, -0.2) is 8.42 Å². The van der Waals surface area contributed by atoms with Crippen LogP contribution >= 0.6 is 0 Å². The number of anilines is 2. The van der Waals surface area contributed by atoms with Crippen molar-refractivity contribution in [1.29, 1.82) is 0 Å². The average Bonchev–Trinajstić information content (AvgIpc) is 2.90. The number of carbonyl (C=O) groups is 2. The van der Waals surface area contributed by atoms with Crippen LogP contribution < -0.4 is 14.8 Å². The molecule has 0 saturated heterocycles. The van der Waals surface area contributed by atoms with Crippen LogP contribution in [0.2, 0.25) is 0 Å². The van der Waals surface area contributed by atoms with Crippen LogP contribution in [0.3, 0.4) is 0 Å². The van der Waals surface area contributed by atoms with Crippen molar-refractivity contribution in [1.82, 2.24) is 0 Å². The Morgan fingerprint density at radius 2 is 1.44 bits per heavy atom. The van der Waals surface area contributed by atoms with Gasteiger partial charge in [-0.2, -0.15) is 0 Å². The summed E-state index contributed by atoms with van der Waals surface area (Å²) in [6, 6.07) is 26.1. The number of methoxy groups -OCH3 is 1.